The van der Waals surface area contributed by atoms with Gasteiger partial charge in [0.05, 0.1) is 17.8 Å². The number of benzene rings is 1. The predicted molar refractivity (Wildman–Crippen MR) is 124 cm³/mol. The average molecular weight is 421 g/mol. The Labute approximate surface area is 183 Å². The lowest BCUT2D eigenvalue weighted by Gasteiger charge is -2.29. The zero-order chi connectivity index (χ0) is 21.4. The molecular weight excluding hydrogens is 392 g/mol. The number of thiocarbonyl (C=S) groups is 1. The Hall–Kier alpha value is -2.86. The van der Waals surface area contributed by atoms with Crippen LogP contribution in [0.5, 0.6) is 5.75 Å². The van der Waals surface area contributed by atoms with Gasteiger partial charge in [-0.05, 0) is 80.0 Å². The standard InChI is InChI=1S/C24H28N4OS/c1-15(2)14-27-23(22(26-24(27)30)21-7-5-6-12-25-21)20-13-16(3)28(17(20)4)18-8-10-19(29)11-9-18/h5-13,15,22-23,29H,14H2,1-4H3,(H,26,30)/t22-,23+/m1/s1. The minimum atomic E-state index is -0.00813. The fourth-order valence-electron chi connectivity index (χ4n) is 4.42. The molecule has 0 spiro atoms. The molecule has 5 nitrogen and oxygen atoms in total. The SMILES string of the molecule is Cc1cc([C@H]2[C@@H](c3ccccn3)NC(=S)N2CC(C)C)c(C)n1-c1ccc(O)cc1. The summed E-state index contributed by atoms with van der Waals surface area (Å²) in [7, 11) is 0. The molecule has 0 saturated carbocycles. The summed E-state index contributed by atoms with van der Waals surface area (Å²) < 4.78 is 2.24. The van der Waals surface area contributed by atoms with Crippen molar-refractivity contribution in [3.05, 3.63) is 77.4 Å². The summed E-state index contributed by atoms with van der Waals surface area (Å²) in [6, 6.07) is 15.7. The highest BCUT2D eigenvalue weighted by Crippen LogP contribution is 2.41. The molecule has 156 valence electrons. The Morgan fingerprint density at radius 2 is 1.87 bits per heavy atom. The summed E-state index contributed by atoms with van der Waals surface area (Å²) in [5.41, 5.74) is 5.59. The van der Waals surface area contributed by atoms with Crippen LogP contribution in [0, 0.1) is 19.8 Å². The highest BCUT2D eigenvalue weighted by molar-refractivity contribution is 7.80. The van der Waals surface area contributed by atoms with E-state index in [0.29, 0.717) is 5.92 Å². The molecule has 6 heteroatoms. The van der Waals surface area contributed by atoms with Gasteiger partial charge >= 0.3 is 0 Å². The molecule has 3 heterocycles. The second kappa shape index (κ2) is 8.11. The fraction of sp³-hybridized carbons (Fsp3) is 0.333. The monoisotopic (exact) mass is 420 g/mol. The first-order valence-corrected chi connectivity index (χ1v) is 10.7. The molecule has 1 aromatic carbocycles. The smallest absolute Gasteiger partial charge is 0.170 e. The Balaban J connectivity index is 1.83. The van der Waals surface area contributed by atoms with Crippen molar-refractivity contribution in [1.82, 2.24) is 19.8 Å². The highest BCUT2D eigenvalue weighted by Gasteiger charge is 2.41. The molecule has 0 radical (unpaired) electrons. The largest absolute Gasteiger partial charge is 0.508 e. The van der Waals surface area contributed by atoms with E-state index in [2.05, 4.69) is 59.6 Å². The van der Waals surface area contributed by atoms with Crippen molar-refractivity contribution in [1.29, 1.82) is 0 Å². The third kappa shape index (κ3) is 3.67. The van der Waals surface area contributed by atoms with Gasteiger partial charge in [0.2, 0.25) is 0 Å². The minimum absolute atomic E-state index is 0.00813. The third-order valence-corrected chi connectivity index (χ3v) is 6.01. The maximum Gasteiger partial charge on any atom is 0.170 e. The van der Waals surface area contributed by atoms with E-state index >= 15 is 0 Å². The van der Waals surface area contributed by atoms with Gasteiger partial charge in [0, 0.05) is 29.8 Å². The molecular formula is C24H28N4OS. The first kappa shape index (κ1) is 20.4. The molecule has 0 aliphatic carbocycles. The normalized spacial score (nSPS) is 18.8. The van der Waals surface area contributed by atoms with Crippen LogP contribution in [0.2, 0.25) is 0 Å². The Bertz CT molecular complexity index is 1040. The van der Waals surface area contributed by atoms with Crippen LogP contribution < -0.4 is 5.32 Å². The molecule has 0 unspecified atom stereocenters. The van der Waals surface area contributed by atoms with E-state index in [9.17, 15) is 5.11 Å². The lowest BCUT2D eigenvalue weighted by molar-refractivity contribution is 0.287. The molecule has 1 fully saturated rings. The number of nitrogens with one attached hydrogen (secondary N) is 1. The molecule has 1 aliphatic rings. The first-order valence-electron chi connectivity index (χ1n) is 10.3. The van der Waals surface area contributed by atoms with Crippen molar-refractivity contribution >= 4 is 17.3 Å². The molecule has 2 N–H and O–H groups in total. The van der Waals surface area contributed by atoms with Crippen molar-refractivity contribution in [2.24, 2.45) is 5.92 Å². The quantitative estimate of drug-likeness (QED) is 0.580. The Kier molecular flexibility index (Phi) is 5.52. The van der Waals surface area contributed by atoms with Crippen molar-refractivity contribution < 1.29 is 5.11 Å². The molecule has 1 saturated heterocycles. The van der Waals surface area contributed by atoms with Crippen LogP contribution in [0.1, 0.15) is 48.6 Å². The zero-order valence-electron chi connectivity index (χ0n) is 17.8. The highest BCUT2D eigenvalue weighted by atomic mass is 32.1. The number of rotatable bonds is 5. The second-order valence-electron chi connectivity index (χ2n) is 8.35. The Morgan fingerprint density at radius 1 is 1.13 bits per heavy atom. The van der Waals surface area contributed by atoms with Crippen LogP contribution in [0.15, 0.2) is 54.7 Å². The molecule has 2 atom stereocenters. The van der Waals surface area contributed by atoms with E-state index in [1.54, 1.807) is 12.1 Å². The van der Waals surface area contributed by atoms with Crippen molar-refractivity contribution in [2.75, 3.05) is 6.54 Å². The van der Waals surface area contributed by atoms with Crippen molar-refractivity contribution in [2.45, 2.75) is 39.8 Å². The van der Waals surface area contributed by atoms with Gasteiger partial charge in [-0.15, -0.1) is 0 Å². The maximum absolute atomic E-state index is 9.68. The van der Waals surface area contributed by atoms with Crippen LogP contribution in [0.3, 0.4) is 0 Å². The van der Waals surface area contributed by atoms with Crippen LogP contribution in [0.4, 0.5) is 0 Å². The number of hydrogen-bond donors (Lipinski definition) is 2. The van der Waals surface area contributed by atoms with Crippen LogP contribution in [0.25, 0.3) is 5.69 Å². The molecule has 4 rings (SSSR count). The summed E-state index contributed by atoms with van der Waals surface area (Å²) in [4.78, 5) is 6.94. The van der Waals surface area contributed by atoms with Crippen LogP contribution in [-0.4, -0.2) is 31.2 Å². The summed E-state index contributed by atoms with van der Waals surface area (Å²) in [6.45, 7) is 9.58. The van der Waals surface area contributed by atoms with Gasteiger partial charge in [0.15, 0.2) is 5.11 Å². The molecule has 2 aromatic heterocycles. The molecule has 3 aromatic rings. The van der Waals surface area contributed by atoms with E-state index < -0.39 is 0 Å². The number of pyridine rings is 1. The molecule has 0 bridgehead atoms. The lowest BCUT2D eigenvalue weighted by atomic mass is 9.96. The maximum atomic E-state index is 9.68. The number of nitrogens with zero attached hydrogens (tertiary/aromatic N) is 3. The molecule has 1 aliphatic heterocycles. The predicted octanol–water partition coefficient (Wildman–Crippen LogP) is 4.82. The van der Waals surface area contributed by atoms with Gasteiger partial charge in [0.1, 0.15) is 5.75 Å². The second-order valence-corrected chi connectivity index (χ2v) is 8.74. The summed E-state index contributed by atoms with van der Waals surface area (Å²) in [5, 5.41) is 14.0. The minimum Gasteiger partial charge on any atom is -0.508 e. The van der Waals surface area contributed by atoms with E-state index in [0.717, 1.165) is 28.7 Å². The van der Waals surface area contributed by atoms with Gasteiger partial charge in [0.25, 0.3) is 0 Å². The topological polar surface area (TPSA) is 53.3 Å². The van der Waals surface area contributed by atoms with Gasteiger partial charge in [-0.1, -0.05) is 19.9 Å². The summed E-state index contributed by atoms with van der Waals surface area (Å²) >= 11 is 5.76. The van der Waals surface area contributed by atoms with Gasteiger partial charge in [-0.2, -0.15) is 0 Å². The van der Waals surface area contributed by atoms with Gasteiger partial charge in [-0.25, -0.2) is 0 Å². The molecule has 30 heavy (non-hydrogen) atoms. The van der Waals surface area contributed by atoms with Crippen LogP contribution >= 0.6 is 12.2 Å². The van der Waals surface area contributed by atoms with Gasteiger partial charge < -0.3 is 19.9 Å². The average Bonchev–Trinajstić information content (AvgIpc) is 3.19. The third-order valence-electron chi connectivity index (χ3n) is 5.66. The number of aryl methyl sites for hydroxylation is 1. The molecule has 0 amide bonds. The fourth-order valence-corrected chi connectivity index (χ4v) is 4.74. The van der Waals surface area contributed by atoms with E-state index in [1.807, 2.05) is 30.5 Å². The van der Waals surface area contributed by atoms with E-state index in [1.165, 1.54) is 11.3 Å². The Morgan fingerprint density at radius 3 is 2.50 bits per heavy atom. The lowest BCUT2D eigenvalue weighted by Crippen LogP contribution is -2.33. The zero-order valence-corrected chi connectivity index (χ0v) is 18.6. The number of phenolic OH excluding ortho intramolecular Hbond substituents is 1. The summed E-state index contributed by atoms with van der Waals surface area (Å²) in [6.07, 6.45) is 1.84. The number of aromatic nitrogens is 2. The number of phenols is 1. The van der Waals surface area contributed by atoms with Crippen molar-refractivity contribution in [3.8, 4) is 11.4 Å². The van der Waals surface area contributed by atoms with Gasteiger partial charge in [-0.3, -0.25) is 4.98 Å². The van der Waals surface area contributed by atoms with E-state index in [4.69, 9.17) is 12.2 Å². The number of aromatic hydroxyl groups is 1. The van der Waals surface area contributed by atoms with Crippen molar-refractivity contribution in [3.63, 3.8) is 0 Å². The number of hydrogen-bond acceptors (Lipinski definition) is 3. The van der Waals surface area contributed by atoms with E-state index in [-0.39, 0.29) is 17.8 Å². The first-order chi connectivity index (χ1) is 14.4. The van der Waals surface area contributed by atoms with Crippen LogP contribution in [-0.2, 0) is 0 Å². The summed E-state index contributed by atoms with van der Waals surface area (Å²) in [5.74, 6) is 0.750.